The third kappa shape index (κ3) is 3.42. The normalized spacial score (nSPS) is 14.6. The molecular weight excluding hydrogens is 375 g/mol. The van der Waals surface area contributed by atoms with E-state index in [1.807, 2.05) is 19.9 Å². The molecule has 29 heavy (non-hydrogen) atoms. The Morgan fingerprint density at radius 1 is 1.31 bits per heavy atom. The Labute approximate surface area is 167 Å². The summed E-state index contributed by atoms with van der Waals surface area (Å²) < 4.78 is 23.3. The Hall–Kier alpha value is -2.74. The maximum Gasteiger partial charge on any atom is 0.350 e. The van der Waals surface area contributed by atoms with E-state index in [1.165, 1.54) is 10.6 Å². The van der Waals surface area contributed by atoms with Crippen molar-refractivity contribution in [1.82, 2.24) is 19.3 Å². The molecule has 1 aromatic carbocycles. The highest BCUT2D eigenvalue weighted by molar-refractivity contribution is 5.85. The molecule has 8 heteroatoms. The first-order valence-corrected chi connectivity index (χ1v) is 10.0. The van der Waals surface area contributed by atoms with E-state index in [0.717, 1.165) is 34.9 Å². The first kappa shape index (κ1) is 19.6. The van der Waals surface area contributed by atoms with Crippen molar-refractivity contribution in [1.29, 1.82) is 0 Å². The highest BCUT2D eigenvalue weighted by Gasteiger charge is 2.22. The summed E-state index contributed by atoms with van der Waals surface area (Å²) in [6.45, 7) is 5.81. The van der Waals surface area contributed by atoms with Gasteiger partial charge in [-0.05, 0) is 43.7 Å². The van der Waals surface area contributed by atoms with E-state index in [2.05, 4.69) is 10.1 Å². The Kier molecular flexibility index (Phi) is 5.12. The monoisotopic (exact) mass is 400 g/mol. The van der Waals surface area contributed by atoms with Gasteiger partial charge in [0.05, 0.1) is 5.52 Å². The maximum absolute atomic E-state index is 15.0. The smallest absolute Gasteiger partial charge is 0.350 e. The number of hydrogen-bond donors (Lipinski definition) is 1. The molecule has 7 nitrogen and oxygen atoms in total. The van der Waals surface area contributed by atoms with Crippen LogP contribution in [0.5, 0.6) is 5.88 Å². The summed E-state index contributed by atoms with van der Waals surface area (Å²) in [5.41, 5.74) is 1.01. The third-order valence-electron chi connectivity index (χ3n) is 5.47. The van der Waals surface area contributed by atoms with Gasteiger partial charge in [-0.2, -0.15) is 4.68 Å². The van der Waals surface area contributed by atoms with Crippen molar-refractivity contribution in [3.8, 4) is 11.6 Å². The summed E-state index contributed by atoms with van der Waals surface area (Å²) in [7, 11) is 0. The fraction of sp³-hybridized carbons (Fsp3) is 0.476. The van der Waals surface area contributed by atoms with Crippen LogP contribution in [0.4, 0.5) is 4.39 Å². The lowest BCUT2D eigenvalue weighted by Gasteiger charge is -2.26. The molecule has 2 heterocycles. The van der Waals surface area contributed by atoms with Gasteiger partial charge in [-0.1, -0.05) is 13.8 Å². The molecule has 1 saturated carbocycles. The topological polar surface area (TPSA) is 82.2 Å². The number of benzene rings is 1. The molecule has 0 bridgehead atoms. The van der Waals surface area contributed by atoms with Crippen molar-refractivity contribution >= 4 is 10.9 Å². The van der Waals surface area contributed by atoms with Crippen LogP contribution in [-0.4, -0.2) is 30.5 Å². The van der Waals surface area contributed by atoms with Gasteiger partial charge >= 0.3 is 5.69 Å². The molecule has 0 amide bonds. The van der Waals surface area contributed by atoms with Crippen molar-refractivity contribution in [3.05, 3.63) is 45.9 Å². The molecule has 0 saturated heterocycles. The van der Waals surface area contributed by atoms with Gasteiger partial charge in [-0.15, -0.1) is 5.10 Å². The third-order valence-corrected chi connectivity index (χ3v) is 5.47. The second kappa shape index (κ2) is 7.59. The average Bonchev–Trinajstić information content (AvgIpc) is 2.98. The van der Waals surface area contributed by atoms with Gasteiger partial charge in [0.15, 0.2) is 11.6 Å². The Morgan fingerprint density at radius 2 is 2.07 bits per heavy atom. The van der Waals surface area contributed by atoms with Crippen LogP contribution in [0.1, 0.15) is 57.3 Å². The van der Waals surface area contributed by atoms with Gasteiger partial charge < -0.3 is 9.84 Å². The molecule has 3 aromatic rings. The molecule has 0 atom stereocenters. The molecule has 0 radical (unpaired) electrons. The summed E-state index contributed by atoms with van der Waals surface area (Å²) >= 11 is 0. The number of pyridine rings is 1. The van der Waals surface area contributed by atoms with Crippen molar-refractivity contribution in [2.24, 2.45) is 0 Å². The number of nitrogens with zero attached hydrogens (tertiary/aromatic N) is 4. The van der Waals surface area contributed by atoms with Crippen LogP contribution in [0.25, 0.3) is 16.6 Å². The molecule has 2 aromatic heterocycles. The standard InChI is InChI=1S/C21H25FN4O3/c1-4-25-19(11-27)24-26(21(25)28)18-8-15-14(12(2)3)9-20(29-13-6-5-7-13)23-17(15)10-16(18)22/h8-10,12-13,27H,4-7,11H2,1-3H3. The van der Waals surface area contributed by atoms with E-state index in [4.69, 9.17) is 4.74 Å². The van der Waals surface area contributed by atoms with E-state index < -0.39 is 18.1 Å². The molecule has 154 valence electrons. The zero-order valence-electron chi connectivity index (χ0n) is 16.9. The van der Waals surface area contributed by atoms with Crippen molar-refractivity contribution < 1.29 is 14.2 Å². The van der Waals surface area contributed by atoms with Gasteiger partial charge in [-0.25, -0.2) is 14.2 Å². The molecule has 1 aliphatic rings. The second-order valence-corrected chi connectivity index (χ2v) is 7.71. The number of rotatable bonds is 6. The number of fused-ring (bicyclic) bond motifs is 1. The van der Waals surface area contributed by atoms with E-state index in [0.29, 0.717) is 17.9 Å². The molecule has 4 rings (SSSR count). The molecule has 0 unspecified atom stereocenters. The minimum Gasteiger partial charge on any atom is -0.474 e. The highest BCUT2D eigenvalue weighted by atomic mass is 19.1. The second-order valence-electron chi connectivity index (χ2n) is 7.71. The van der Waals surface area contributed by atoms with Crippen molar-refractivity contribution in [3.63, 3.8) is 0 Å². The van der Waals surface area contributed by atoms with Crippen molar-refractivity contribution in [2.75, 3.05) is 0 Å². The number of aromatic nitrogens is 4. The fourth-order valence-corrected chi connectivity index (χ4v) is 3.63. The lowest BCUT2D eigenvalue weighted by atomic mass is 9.96. The Balaban J connectivity index is 1.88. The number of aliphatic hydroxyl groups excluding tert-OH is 1. The van der Waals surface area contributed by atoms with Gasteiger partial charge in [0.2, 0.25) is 5.88 Å². The van der Waals surface area contributed by atoms with Gasteiger partial charge in [0.1, 0.15) is 18.4 Å². The van der Waals surface area contributed by atoms with E-state index >= 15 is 0 Å². The van der Waals surface area contributed by atoms with Gasteiger partial charge in [0, 0.05) is 24.1 Å². The summed E-state index contributed by atoms with van der Waals surface area (Å²) in [6.07, 6.45) is 3.36. The number of aliphatic hydroxyl groups is 1. The zero-order chi connectivity index (χ0) is 20.7. The minimum atomic E-state index is -0.604. The summed E-state index contributed by atoms with van der Waals surface area (Å²) in [6, 6.07) is 4.83. The number of hydrogen-bond acceptors (Lipinski definition) is 5. The van der Waals surface area contributed by atoms with Crippen LogP contribution in [0, 0.1) is 5.82 Å². The lowest BCUT2D eigenvalue weighted by molar-refractivity contribution is 0.115. The number of halogens is 1. The van der Waals surface area contributed by atoms with Gasteiger partial charge in [-0.3, -0.25) is 4.57 Å². The first-order chi connectivity index (χ1) is 13.9. The Morgan fingerprint density at radius 3 is 2.62 bits per heavy atom. The fourth-order valence-electron chi connectivity index (χ4n) is 3.63. The predicted molar refractivity (Wildman–Crippen MR) is 107 cm³/mol. The van der Waals surface area contributed by atoms with E-state index in [9.17, 15) is 14.3 Å². The van der Waals surface area contributed by atoms with Crippen molar-refractivity contribution in [2.45, 2.75) is 65.2 Å². The number of ether oxygens (including phenoxy) is 1. The molecule has 1 aliphatic carbocycles. The largest absolute Gasteiger partial charge is 0.474 e. The molecule has 1 N–H and O–H groups in total. The average molecular weight is 400 g/mol. The minimum absolute atomic E-state index is 0.0424. The van der Waals surface area contributed by atoms with E-state index in [1.54, 1.807) is 13.0 Å². The van der Waals surface area contributed by atoms with Crippen LogP contribution in [0.3, 0.4) is 0 Å². The molecule has 0 aliphatic heterocycles. The molecular formula is C21H25FN4O3. The Bertz CT molecular complexity index is 1120. The summed E-state index contributed by atoms with van der Waals surface area (Å²) in [5, 5.41) is 14.3. The molecule has 0 spiro atoms. The summed E-state index contributed by atoms with van der Waals surface area (Å²) in [5.74, 6) is 0.254. The van der Waals surface area contributed by atoms with Crippen LogP contribution >= 0.6 is 0 Å². The quantitative estimate of drug-likeness (QED) is 0.687. The van der Waals surface area contributed by atoms with Crippen LogP contribution in [0.15, 0.2) is 23.0 Å². The highest BCUT2D eigenvalue weighted by Crippen LogP contribution is 2.32. The van der Waals surface area contributed by atoms with Crippen LogP contribution < -0.4 is 10.4 Å². The van der Waals surface area contributed by atoms with Gasteiger partial charge in [0.25, 0.3) is 0 Å². The van der Waals surface area contributed by atoms with Crippen LogP contribution in [-0.2, 0) is 13.2 Å². The molecule has 1 fully saturated rings. The zero-order valence-corrected chi connectivity index (χ0v) is 16.9. The van der Waals surface area contributed by atoms with E-state index in [-0.39, 0.29) is 23.5 Å². The SMILES string of the molecule is CCn1c(CO)nn(-c2cc3c(C(C)C)cc(OC4CCC4)nc3cc2F)c1=O. The lowest BCUT2D eigenvalue weighted by Crippen LogP contribution is -2.25. The first-order valence-electron chi connectivity index (χ1n) is 10.0. The summed E-state index contributed by atoms with van der Waals surface area (Å²) in [4.78, 5) is 17.2. The van der Waals surface area contributed by atoms with Crippen LogP contribution in [0.2, 0.25) is 0 Å². The maximum atomic E-state index is 15.0. The predicted octanol–water partition coefficient (Wildman–Crippen LogP) is 3.29.